The Morgan fingerprint density at radius 3 is 0.731 bits per heavy atom. The number of fused-ring (bicyclic) bond motifs is 8. The molecule has 0 atom stereocenters. The van der Waals surface area contributed by atoms with Gasteiger partial charge in [0.05, 0.1) is 79.7 Å². The van der Waals surface area contributed by atoms with Crippen LogP contribution in [0.15, 0.2) is 97.1 Å². The summed E-state index contributed by atoms with van der Waals surface area (Å²) in [6, 6.07) is 31.3. The Hall–Kier alpha value is -7.02. The van der Waals surface area contributed by atoms with Crippen LogP contribution in [0.5, 0.6) is 46.0 Å². The molecule has 12 nitrogen and oxygen atoms in total. The van der Waals surface area contributed by atoms with E-state index >= 15 is 0 Å². The summed E-state index contributed by atoms with van der Waals surface area (Å²) < 4.78 is 46.6. The van der Waals surface area contributed by atoms with E-state index in [1.807, 2.05) is 121 Å². The number of benzene rings is 4. The molecule has 4 aromatic carbocycles. The first-order chi connectivity index (χ1) is 31.3. The van der Waals surface area contributed by atoms with Gasteiger partial charge in [-0.15, -0.1) is 0 Å². The molecule has 0 fully saturated rings. The van der Waals surface area contributed by atoms with Crippen molar-refractivity contribution in [3.8, 4) is 90.5 Å². The molecule has 0 saturated carbocycles. The van der Waals surface area contributed by atoms with Crippen molar-refractivity contribution in [3.05, 3.63) is 120 Å². The molecule has 15 heteroatoms. The van der Waals surface area contributed by atoms with Gasteiger partial charge in [0.25, 0.3) is 0 Å². The number of aromatic amines is 2. The second-order valence-electron chi connectivity index (χ2n) is 14.8. The molecule has 0 saturated heterocycles. The van der Waals surface area contributed by atoms with Crippen LogP contribution >= 0.6 is 0 Å². The number of nitrogens with one attached hydrogen (secondary N) is 2. The fourth-order valence-corrected chi connectivity index (χ4v) is 8.36. The minimum atomic E-state index is 0. The summed E-state index contributed by atoms with van der Waals surface area (Å²) in [6.07, 6.45) is 8.09. The number of nitrogens with zero attached hydrogens (tertiary/aromatic N) is 2. The second kappa shape index (κ2) is 21.1. The monoisotopic (exact) mass is 979 g/mol. The van der Waals surface area contributed by atoms with E-state index in [1.165, 1.54) is 0 Å². The molecule has 7 aromatic rings. The number of rotatable bonds is 12. The molecular formula is C52H46Cl2MnN4O8. The summed E-state index contributed by atoms with van der Waals surface area (Å²) in [4.78, 5) is 18.4. The molecule has 9 rings (SSSR count). The fourth-order valence-electron chi connectivity index (χ4n) is 8.36. The quantitative estimate of drug-likeness (QED) is 0.154. The molecule has 1 radical (unpaired) electrons. The zero-order valence-electron chi connectivity index (χ0n) is 37.8. The van der Waals surface area contributed by atoms with Crippen molar-refractivity contribution in [1.29, 1.82) is 0 Å². The Morgan fingerprint density at radius 2 is 0.537 bits per heavy atom. The summed E-state index contributed by atoms with van der Waals surface area (Å²) in [5.74, 6) is 5.08. The molecule has 0 unspecified atom stereocenters. The number of hydrogen-bond donors (Lipinski definition) is 2. The summed E-state index contributed by atoms with van der Waals surface area (Å²) in [5, 5.41) is 0. The fraction of sp³-hybridized carbons (Fsp3) is 0.154. The van der Waals surface area contributed by atoms with Gasteiger partial charge in [-0.1, -0.05) is 0 Å². The summed E-state index contributed by atoms with van der Waals surface area (Å²) in [6.45, 7) is 0. The Balaban J connectivity index is 0.00000247. The summed E-state index contributed by atoms with van der Waals surface area (Å²) in [7, 11) is 13.1. The molecule has 0 spiro atoms. The summed E-state index contributed by atoms with van der Waals surface area (Å²) in [5.41, 5.74) is 12.4. The molecule has 8 bridgehead atoms. The van der Waals surface area contributed by atoms with E-state index in [1.54, 1.807) is 56.9 Å². The Kier molecular flexibility index (Phi) is 15.5. The van der Waals surface area contributed by atoms with Crippen LogP contribution in [0.1, 0.15) is 22.8 Å². The van der Waals surface area contributed by atoms with Gasteiger partial charge >= 0.3 is 17.1 Å². The SMILES string of the molecule is COc1ccc(-c2c3nc(c(-c4ccc(OC)cc4OC)c4ccc([nH]4)c(-c4ccc(OC)cc4OC)c4nc(c(-c5ccc(OC)cc5OC)c5ccc2[nH]5)C=C4)C=C3)c(OC)c1.[Cl-].[Cl-].[Mn+2]. The number of methoxy groups -OCH3 is 8. The van der Waals surface area contributed by atoms with Gasteiger partial charge in [0.1, 0.15) is 46.0 Å². The minimum absolute atomic E-state index is 0. The van der Waals surface area contributed by atoms with Crippen molar-refractivity contribution >= 4 is 46.4 Å². The first kappa shape index (κ1) is 49.4. The van der Waals surface area contributed by atoms with Crippen molar-refractivity contribution in [2.75, 3.05) is 56.9 Å². The first-order valence-electron chi connectivity index (χ1n) is 20.4. The smallest absolute Gasteiger partial charge is 1.00 e. The predicted molar refractivity (Wildman–Crippen MR) is 253 cm³/mol. The normalized spacial score (nSPS) is 11.1. The molecule has 0 aliphatic carbocycles. The molecule has 2 N–H and O–H groups in total. The first-order valence-corrected chi connectivity index (χ1v) is 20.4. The Morgan fingerprint density at radius 1 is 0.313 bits per heavy atom. The van der Waals surface area contributed by atoms with Crippen LogP contribution in [-0.4, -0.2) is 76.8 Å². The van der Waals surface area contributed by atoms with Gasteiger partial charge in [0.15, 0.2) is 0 Å². The van der Waals surface area contributed by atoms with Gasteiger partial charge < -0.3 is 72.7 Å². The molecule has 67 heavy (non-hydrogen) atoms. The number of H-pyrrole nitrogens is 2. The number of ether oxygens (including phenoxy) is 8. The number of hydrogen-bond acceptors (Lipinski definition) is 10. The van der Waals surface area contributed by atoms with Crippen LogP contribution in [0, 0.1) is 0 Å². The molecule has 343 valence electrons. The van der Waals surface area contributed by atoms with Crippen molar-refractivity contribution < 1.29 is 79.8 Å². The van der Waals surface area contributed by atoms with E-state index in [0.29, 0.717) is 68.8 Å². The van der Waals surface area contributed by atoms with E-state index < -0.39 is 0 Å². The van der Waals surface area contributed by atoms with Crippen molar-refractivity contribution in [3.63, 3.8) is 0 Å². The topological polar surface area (TPSA) is 131 Å². The van der Waals surface area contributed by atoms with Crippen LogP contribution in [0.25, 0.3) is 90.9 Å². The van der Waals surface area contributed by atoms with Gasteiger partial charge in [-0.2, -0.15) is 0 Å². The van der Waals surface area contributed by atoms with Crippen molar-refractivity contribution in [2.24, 2.45) is 0 Å². The summed E-state index contributed by atoms with van der Waals surface area (Å²) >= 11 is 0. The number of halogens is 2. The average Bonchev–Trinajstić information content (AvgIpc) is 4.20. The van der Waals surface area contributed by atoms with E-state index in [9.17, 15) is 0 Å². The zero-order valence-corrected chi connectivity index (χ0v) is 40.5. The Bertz CT molecular complexity index is 2790. The maximum absolute atomic E-state index is 6.03. The van der Waals surface area contributed by atoms with Crippen LogP contribution in [-0.2, 0) is 17.1 Å². The van der Waals surface area contributed by atoms with E-state index in [0.717, 1.165) is 66.6 Å². The maximum atomic E-state index is 6.03. The maximum Gasteiger partial charge on any atom is 2.00 e. The van der Waals surface area contributed by atoms with E-state index in [-0.39, 0.29) is 41.9 Å². The van der Waals surface area contributed by atoms with Crippen LogP contribution in [0.3, 0.4) is 0 Å². The third kappa shape index (κ3) is 9.11. The Labute approximate surface area is 411 Å². The molecule has 3 aromatic heterocycles. The van der Waals surface area contributed by atoms with Gasteiger partial charge in [-0.05, 0) is 97.1 Å². The molecule has 2 aliphatic heterocycles. The largest absolute Gasteiger partial charge is 2.00 e. The molecule has 2 aliphatic rings. The van der Waals surface area contributed by atoms with Crippen molar-refractivity contribution in [2.45, 2.75) is 0 Å². The predicted octanol–water partition coefficient (Wildman–Crippen LogP) is 5.40. The van der Waals surface area contributed by atoms with Crippen LogP contribution in [0.4, 0.5) is 0 Å². The molecule has 5 heterocycles. The average molecular weight is 981 g/mol. The minimum Gasteiger partial charge on any atom is -1.00 e. The van der Waals surface area contributed by atoms with Crippen molar-refractivity contribution in [1.82, 2.24) is 19.9 Å². The molecular weight excluding hydrogens is 934 g/mol. The van der Waals surface area contributed by atoms with Crippen LogP contribution < -0.4 is 62.7 Å². The third-order valence-corrected chi connectivity index (χ3v) is 11.5. The van der Waals surface area contributed by atoms with Gasteiger partial charge in [0, 0.05) is 90.8 Å². The third-order valence-electron chi connectivity index (χ3n) is 11.5. The second-order valence-corrected chi connectivity index (χ2v) is 14.8. The van der Waals surface area contributed by atoms with Crippen LogP contribution in [0.2, 0.25) is 0 Å². The standard InChI is InChI=1S/C52H46N4O8.2ClH.Mn/c1-57-29-9-13-33(45(25-29)61-5)49-37-17-19-39(53-37)50(34-14-10-30(58-2)26-46(34)62-6)41-21-23-43(55-41)52(36-16-12-32(60-4)28-48(36)64-8)44-24-22-42(56-44)51(40-20-18-38(49)54-40)35-15-11-31(59-3)27-47(35)63-7;;;/h9-28,53,56H,1-8H3;2*1H;/q;;;+2/p-2. The van der Waals surface area contributed by atoms with Gasteiger partial charge in [-0.3, -0.25) is 0 Å². The molecule has 0 amide bonds. The van der Waals surface area contributed by atoms with E-state index in [2.05, 4.69) is 9.97 Å². The zero-order chi connectivity index (χ0) is 44.5. The van der Waals surface area contributed by atoms with E-state index in [4.69, 9.17) is 47.9 Å². The van der Waals surface area contributed by atoms with Gasteiger partial charge in [-0.25, -0.2) is 9.97 Å². The number of aromatic nitrogens is 4. The van der Waals surface area contributed by atoms with Gasteiger partial charge in [0.2, 0.25) is 0 Å².